The average Bonchev–Trinajstić information content (AvgIpc) is 2.76. The second-order valence-electron chi connectivity index (χ2n) is 7.77. The molecule has 0 saturated carbocycles. The van der Waals surface area contributed by atoms with Gasteiger partial charge in [0.1, 0.15) is 0 Å². The summed E-state index contributed by atoms with van der Waals surface area (Å²) in [4.78, 5) is 0. The van der Waals surface area contributed by atoms with Crippen LogP contribution in [0.5, 0.6) is 0 Å². The largest absolute Gasteiger partial charge is 0.356 e. The number of hydrogen-bond acceptors (Lipinski definition) is 2. The highest BCUT2D eigenvalue weighted by atomic mass is 14.9. The lowest BCUT2D eigenvalue weighted by molar-refractivity contribution is 0.641. The van der Waals surface area contributed by atoms with E-state index >= 15 is 0 Å². The summed E-state index contributed by atoms with van der Waals surface area (Å²) in [6, 6.07) is 37.9. The van der Waals surface area contributed by atoms with Crippen molar-refractivity contribution in [1.29, 1.82) is 0 Å². The molecule has 0 radical (unpaired) electrons. The maximum absolute atomic E-state index is 3.50. The predicted molar refractivity (Wildman–Crippen MR) is 124 cm³/mol. The third-order valence-corrected chi connectivity index (χ3v) is 5.29. The van der Waals surface area contributed by atoms with Crippen LogP contribution >= 0.6 is 0 Å². The number of anilines is 4. The topological polar surface area (TPSA) is 24.1 Å². The molecule has 0 aliphatic rings. The van der Waals surface area contributed by atoms with Gasteiger partial charge in [-0.25, -0.2) is 0 Å². The molecule has 0 bridgehead atoms. The highest BCUT2D eigenvalue weighted by Gasteiger charge is 2.23. The highest BCUT2D eigenvalue weighted by Crippen LogP contribution is 2.34. The average molecular weight is 379 g/mol. The third-order valence-electron chi connectivity index (χ3n) is 5.29. The molecule has 2 heteroatoms. The molecule has 0 saturated heterocycles. The zero-order chi connectivity index (χ0) is 20.1. The van der Waals surface area contributed by atoms with Crippen LogP contribution in [0.25, 0.3) is 0 Å². The van der Waals surface area contributed by atoms with Crippen molar-refractivity contribution in [3.05, 3.63) is 120 Å². The van der Waals surface area contributed by atoms with Gasteiger partial charge in [-0.1, -0.05) is 74.5 Å². The van der Waals surface area contributed by atoms with Crippen LogP contribution in [-0.4, -0.2) is 0 Å². The van der Waals surface area contributed by atoms with E-state index < -0.39 is 0 Å². The van der Waals surface area contributed by atoms with E-state index in [1.165, 1.54) is 11.1 Å². The number of benzene rings is 4. The van der Waals surface area contributed by atoms with Crippen molar-refractivity contribution in [2.45, 2.75) is 19.3 Å². The van der Waals surface area contributed by atoms with Gasteiger partial charge < -0.3 is 10.6 Å². The van der Waals surface area contributed by atoms with E-state index in [1.807, 2.05) is 36.4 Å². The number of rotatable bonds is 6. The second-order valence-corrected chi connectivity index (χ2v) is 7.77. The van der Waals surface area contributed by atoms with Crippen molar-refractivity contribution in [2.75, 3.05) is 10.6 Å². The molecular formula is C27H26N2. The summed E-state index contributed by atoms with van der Waals surface area (Å²) >= 11 is 0. The molecule has 144 valence electrons. The monoisotopic (exact) mass is 378 g/mol. The fraction of sp³-hybridized carbons (Fsp3) is 0.111. The van der Waals surface area contributed by atoms with Crippen molar-refractivity contribution in [3.8, 4) is 0 Å². The minimum absolute atomic E-state index is 0.122. The Balaban J connectivity index is 1.60. The number of hydrogen-bond donors (Lipinski definition) is 2. The van der Waals surface area contributed by atoms with Gasteiger partial charge in [-0.05, 0) is 59.7 Å². The summed E-state index contributed by atoms with van der Waals surface area (Å²) in [6.07, 6.45) is 0. The second kappa shape index (κ2) is 8.24. The van der Waals surface area contributed by atoms with Crippen molar-refractivity contribution < 1.29 is 0 Å². The molecule has 4 aromatic rings. The van der Waals surface area contributed by atoms with Crippen LogP contribution in [-0.2, 0) is 5.41 Å². The molecule has 0 unspecified atom stereocenters. The first-order valence-corrected chi connectivity index (χ1v) is 9.96. The smallest absolute Gasteiger partial charge is 0.0387 e. The molecule has 0 fully saturated rings. The van der Waals surface area contributed by atoms with E-state index in [2.05, 4.69) is 97.3 Å². The Morgan fingerprint density at radius 1 is 0.448 bits per heavy atom. The molecule has 0 aliphatic carbocycles. The zero-order valence-electron chi connectivity index (χ0n) is 16.9. The zero-order valence-corrected chi connectivity index (χ0v) is 16.9. The molecule has 4 rings (SSSR count). The van der Waals surface area contributed by atoms with Crippen molar-refractivity contribution in [3.63, 3.8) is 0 Å². The summed E-state index contributed by atoms with van der Waals surface area (Å²) in [6.45, 7) is 4.55. The van der Waals surface area contributed by atoms with Gasteiger partial charge in [0, 0.05) is 28.2 Å². The van der Waals surface area contributed by atoms with Gasteiger partial charge in [0.2, 0.25) is 0 Å². The molecule has 2 N–H and O–H groups in total. The Morgan fingerprint density at radius 3 is 1.24 bits per heavy atom. The SMILES string of the molecule is CC(C)(c1cccc(Nc2ccccc2)c1)c1cccc(Nc2ccccc2)c1. The van der Waals surface area contributed by atoms with Gasteiger partial charge in [-0.15, -0.1) is 0 Å². The quantitative estimate of drug-likeness (QED) is 0.363. The summed E-state index contributed by atoms with van der Waals surface area (Å²) in [7, 11) is 0. The van der Waals surface area contributed by atoms with Crippen LogP contribution in [0.1, 0.15) is 25.0 Å². The van der Waals surface area contributed by atoms with Crippen LogP contribution in [0, 0.1) is 0 Å². The van der Waals surface area contributed by atoms with E-state index in [-0.39, 0.29) is 5.41 Å². The van der Waals surface area contributed by atoms with E-state index in [0.717, 1.165) is 22.7 Å². The lowest BCUT2D eigenvalue weighted by Crippen LogP contribution is -2.19. The maximum atomic E-state index is 3.50. The van der Waals surface area contributed by atoms with E-state index in [4.69, 9.17) is 0 Å². The molecule has 0 spiro atoms. The van der Waals surface area contributed by atoms with Crippen LogP contribution in [0.2, 0.25) is 0 Å². The van der Waals surface area contributed by atoms with Gasteiger partial charge >= 0.3 is 0 Å². The van der Waals surface area contributed by atoms with Crippen molar-refractivity contribution >= 4 is 22.7 Å². The summed E-state index contributed by atoms with van der Waals surface area (Å²) in [5, 5.41) is 7.00. The molecule has 0 heterocycles. The first kappa shape index (κ1) is 18.8. The molecule has 0 amide bonds. The summed E-state index contributed by atoms with van der Waals surface area (Å²) in [5.74, 6) is 0. The predicted octanol–water partition coefficient (Wildman–Crippen LogP) is 7.50. The third kappa shape index (κ3) is 4.49. The normalized spacial score (nSPS) is 11.1. The van der Waals surface area contributed by atoms with E-state index in [1.54, 1.807) is 0 Å². The van der Waals surface area contributed by atoms with Gasteiger partial charge in [0.05, 0.1) is 0 Å². The van der Waals surface area contributed by atoms with Crippen LogP contribution in [0.4, 0.5) is 22.7 Å². The first-order chi connectivity index (χ1) is 14.1. The van der Waals surface area contributed by atoms with Crippen LogP contribution in [0.15, 0.2) is 109 Å². The van der Waals surface area contributed by atoms with E-state index in [9.17, 15) is 0 Å². The molecule has 4 aromatic carbocycles. The number of para-hydroxylation sites is 2. The first-order valence-electron chi connectivity index (χ1n) is 9.96. The fourth-order valence-electron chi connectivity index (χ4n) is 3.51. The number of nitrogens with one attached hydrogen (secondary N) is 2. The molecular weight excluding hydrogens is 352 g/mol. The lowest BCUT2D eigenvalue weighted by Gasteiger charge is -2.27. The van der Waals surface area contributed by atoms with Crippen molar-refractivity contribution in [2.24, 2.45) is 0 Å². The Morgan fingerprint density at radius 2 is 0.828 bits per heavy atom. The highest BCUT2D eigenvalue weighted by molar-refractivity contribution is 5.63. The Kier molecular flexibility index (Phi) is 5.35. The maximum Gasteiger partial charge on any atom is 0.0387 e. The Hall–Kier alpha value is -3.52. The van der Waals surface area contributed by atoms with Crippen LogP contribution < -0.4 is 10.6 Å². The summed E-state index contributed by atoms with van der Waals surface area (Å²) < 4.78 is 0. The van der Waals surface area contributed by atoms with Crippen LogP contribution in [0.3, 0.4) is 0 Å². The summed E-state index contributed by atoms with van der Waals surface area (Å²) in [5.41, 5.74) is 6.81. The fourth-order valence-corrected chi connectivity index (χ4v) is 3.51. The van der Waals surface area contributed by atoms with Gasteiger partial charge in [0.15, 0.2) is 0 Å². The standard InChI is InChI=1S/C27H26N2/c1-27(2,21-11-9-17-25(19-21)28-23-13-5-3-6-14-23)22-12-10-18-26(20-22)29-24-15-7-4-8-16-24/h3-20,28-29H,1-2H3. The Bertz CT molecular complexity index is 983. The van der Waals surface area contributed by atoms with Crippen molar-refractivity contribution in [1.82, 2.24) is 0 Å². The van der Waals surface area contributed by atoms with Gasteiger partial charge in [0.25, 0.3) is 0 Å². The Labute approximate surface area is 173 Å². The molecule has 2 nitrogen and oxygen atoms in total. The molecule has 0 aliphatic heterocycles. The van der Waals surface area contributed by atoms with Gasteiger partial charge in [-0.3, -0.25) is 0 Å². The van der Waals surface area contributed by atoms with Gasteiger partial charge in [-0.2, -0.15) is 0 Å². The molecule has 0 aromatic heterocycles. The molecule has 29 heavy (non-hydrogen) atoms. The lowest BCUT2D eigenvalue weighted by atomic mass is 9.78. The molecule has 0 atom stereocenters. The van der Waals surface area contributed by atoms with E-state index in [0.29, 0.717) is 0 Å². The minimum Gasteiger partial charge on any atom is -0.356 e. The minimum atomic E-state index is -0.122.